The van der Waals surface area contributed by atoms with Crippen LogP contribution in [0.15, 0.2) is 24.4 Å². The van der Waals surface area contributed by atoms with Gasteiger partial charge in [-0.05, 0) is 37.8 Å². The number of pyridine rings is 1. The lowest BCUT2D eigenvalue weighted by Crippen LogP contribution is -2.43. The summed E-state index contributed by atoms with van der Waals surface area (Å²) in [7, 11) is 0. The molecule has 158 valence electrons. The summed E-state index contributed by atoms with van der Waals surface area (Å²) in [6.45, 7) is 1.59. The lowest BCUT2D eigenvalue weighted by atomic mass is 9.96. The van der Waals surface area contributed by atoms with Crippen LogP contribution in [0.5, 0.6) is 0 Å². The van der Waals surface area contributed by atoms with Crippen molar-refractivity contribution in [1.82, 2.24) is 25.8 Å². The highest BCUT2D eigenvalue weighted by Gasteiger charge is 2.28. The fourth-order valence-electron chi connectivity index (χ4n) is 3.95. The van der Waals surface area contributed by atoms with Gasteiger partial charge >= 0.3 is 6.03 Å². The summed E-state index contributed by atoms with van der Waals surface area (Å²) in [6, 6.07) is 5.38. The van der Waals surface area contributed by atoms with Crippen LogP contribution in [-0.2, 0) is 4.79 Å². The molecule has 2 fully saturated rings. The molecule has 0 radical (unpaired) electrons. The third-order valence-corrected chi connectivity index (χ3v) is 5.53. The first-order valence-electron chi connectivity index (χ1n) is 10.7. The Morgan fingerprint density at radius 1 is 1.03 bits per heavy atom. The maximum atomic E-state index is 12.4. The predicted molar refractivity (Wildman–Crippen MR) is 109 cm³/mol. The molecule has 3 rings (SSSR count). The number of nitrogens with one attached hydrogen (secondary N) is 3. The van der Waals surface area contributed by atoms with Crippen LogP contribution in [0.1, 0.15) is 61.9 Å². The van der Waals surface area contributed by atoms with Crippen molar-refractivity contribution >= 4 is 17.8 Å². The lowest BCUT2D eigenvalue weighted by molar-refractivity contribution is -0.121. The largest absolute Gasteiger partial charge is 0.352 e. The number of nitrogens with zero attached hydrogens (tertiary/aromatic N) is 2. The van der Waals surface area contributed by atoms with Crippen LogP contribution in [0, 0.1) is 0 Å². The molecule has 2 heterocycles. The highest BCUT2D eigenvalue weighted by Crippen LogP contribution is 2.17. The number of amides is 4. The van der Waals surface area contributed by atoms with Crippen LogP contribution in [0.3, 0.4) is 0 Å². The van der Waals surface area contributed by atoms with Crippen molar-refractivity contribution in [2.75, 3.05) is 19.6 Å². The van der Waals surface area contributed by atoms with E-state index in [9.17, 15) is 14.4 Å². The number of hydrogen-bond donors (Lipinski definition) is 3. The van der Waals surface area contributed by atoms with Crippen LogP contribution in [-0.4, -0.2) is 59.4 Å². The Morgan fingerprint density at radius 2 is 1.86 bits per heavy atom. The highest BCUT2D eigenvalue weighted by molar-refractivity contribution is 5.92. The van der Waals surface area contributed by atoms with E-state index in [-0.39, 0.29) is 29.9 Å². The fourth-order valence-corrected chi connectivity index (χ4v) is 3.95. The average molecular weight is 402 g/mol. The first-order valence-corrected chi connectivity index (χ1v) is 10.7. The summed E-state index contributed by atoms with van der Waals surface area (Å²) < 4.78 is 0. The van der Waals surface area contributed by atoms with Gasteiger partial charge in [0.05, 0.1) is 0 Å². The maximum Gasteiger partial charge on any atom is 0.315 e. The zero-order chi connectivity index (χ0) is 20.5. The molecule has 0 spiro atoms. The molecule has 1 saturated heterocycles. The topological polar surface area (TPSA) is 103 Å². The van der Waals surface area contributed by atoms with Crippen LogP contribution < -0.4 is 16.0 Å². The van der Waals surface area contributed by atoms with Gasteiger partial charge < -0.3 is 20.9 Å². The number of rotatable bonds is 7. The van der Waals surface area contributed by atoms with Crippen LogP contribution in [0.2, 0.25) is 0 Å². The van der Waals surface area contributed by atoms with Gasteiger partial charge in [0.25, 0.3) is 5.91 Å². The average Bonchev–Trinajstić information content (AvgIpc) is 3.20. The van der Waals surface area contributed by atoms with Crippen molar-refractivity contribution in [3.8, 4) is 0 Å². The summed E-state index contributed by atoms with van der Waals surface area (Å²) in [5, 5.41) is 8.82. The molecule has 4 amide bonds. The molecule has 8 heteroatoms. The maximum absolute atomic E-state index is 12.4. The number of carbonyl (C=O) groups excluding carboxylic acids is 3. The second-order valence-corrected chi connectivity index (χ2v) is 7.86. The Kier molecular flexibility index (Phi) is 7.84. The second-order valence-electron chi connectivity index (χ2n) is 7.86. The number of hydrogen-bond acceptors (Lipinski definition) is 4. The molecule has 0 unspecified atom stereocenters. The minimum atomic E-state index is -0.142. The van der Waals surface area contributed by atoms with E-state index in [1.165, 1.54) is 19.3 Å². The van der Waals surface area contributed by atoms with Gasteiger partial charge in [-0.1, -0.05) is 25.3 Å². The van der Waals surface area contributed by atoms with Gasteiger partial charge in [-0.25, -0.2) is 4.79 Å². The summed E-state index contributed by atoms with van der Waals surface area (Å²) in [5.74, 6) is -0.146. The molecule has 0 aromatic carbocycles. The van der Waals surface area contributed by atoms with Crippen molar-refractivity contribution in [1.29, 1.82) is 0 Å². The standard InChI is InChI=1S/C21H31N5O3/c27-19(10-6-13-23-21(29)25-16-7-2-1-3-8-16)24-17-11-14-26(15-17)20(28)18-9-4-5-12-22-18/h4-5,9,12,16-17H,1-3,6-8,10-11,13-15H2,(H,24,27)(H2,23,25,29)/t17-/m1/s1. The second kappa shape index (κ2) is 10.8. The molecule has 1 aromatic heterocycles. The Morgan fingerprint density at radius 3 is 2.62 bits per heavy atom. The highest BCUT2D eigenvalue weighted by atomic mass is 16.2. The van der Waals surface area contributed by atoms with Gasteiger partial charge in [-0.3, -0.25) is 14.6 Å². The Labute approximate surface area is 171 Å². The fraction of sp³-hybridized carbons (Fsp3) is 0.619. The van der Waals surface area contributed by atoms with E-state index in [1.807, 2.05) is 0 Å². The van der Waals surface area contributed by atoms with Crippen LogP contribution in [0.25, 0.3) is 0 Å². The van der Waals surface area contributed by atoms with E-state index >= 15 is 0 Å². The molecule has 1 aliphatic heterocycles. The molecule has 29 heavy (non-hydrogen) atoms. The monoisotopic (exact) mass is 401 g/mol. The van der Waals surface area contributed by atoms with E-state index in [2.05, 4.69) is 20.9 Å². The van der Waals surface area contributed by atoms with Crippen molar-refractivity contribution in [3.63, 3.8) is 0 Å². The van der Waals surface area contributed by atoms with Crippen LogP contribution >= 0.6 is 0 Å². The van der Waals surface area contributed by atoms with Crippen molar-refractivity contribution in [2.45, 2.75) is 63.5 Å². The Bertz CT molecular complexity index is 691. The van der Waals surface area contributed by atoms with E-state index in [4.69, 9.17) is 0 Å². The molecule has 1 aromatic rings. The molecule has 2 aliphatic rings. The summed E-state index contributed by atoms with van der Waals surface area (Å²) in [5.41, 5.74) is 0.428. The van der Waals surface area contributed by atoms with Crippen molar-refractivity contribution in [3.05, 3.63) is 30.1 Å². The van der Waals surface area contributed by atoms with Gasteiger partial charge in [0.2, 0.25) is 5.91 Å². The molecule has 1 atom stereocenters. The number of aromatic nitrogens is 1. The van der Waals surface area contributed by atoms with Crippen molar-refractivity contribution < 1.29 is 14.4 Å². The molecule has 3 N–H and O–H groups in total. The van der Waals surface area contributed by atoms with E-state index < -0.39 is 0 Å². The van der Waals surface area contributed by atoms with Gasteiger partial charge in [0.15, 0.2) is 0 Å². The molecule has 1 saturated carbocycles. The van der Waals surface area contributed by atoms with E-state index in [1.54, 1.807) is 29.3 Å². The molecular formula is C21H31N5O3. The zero-order valence-electron chi connectivity index (χ0n) is 16.9. The van der Waals surface area contributed by atoms with Crippen molar-refractivity contribution in [2.24, 2.45) is 0 Å². The number of urea groups is 1. The molecule has 0 bridgehead atoms. The SMILES string of the molecule is O=C(CCCNC(=O)NC1CCCCC1)N[C@@H]1CCN(C(=O)c2ccccn2)C1. The zero-order valence-corrected chi connectivity index (χ0v) is 16.9. The molecular weight excluding hydrogens is 370 g/mol. The van der Waals surface area contributed by atoms with E-state index in [0.717, 1.165) is 19.3 Å². The Balaban J connectivity index is 1.28. The first kappa shape index (κ1) is 21.1. The Hall–Kier alpha value is -2.64. The third kappa shape index (κ3) is 6.73. The predicted octanol–water partition coefficient (Wildman–Crippen LogP) is 1.82. The minimum absolute atomic E-state index is 0.0299. The normalized spacial score (nSPS) is 19.6. The first-order chi connectivity index (χ1) is 14.1. The summed E-state index contributed by atoms with van der Waals surface area (Å²) >= 11 is 0. The molecule has 8 nitrogen and oxygen atoms in total. The van der Waals surface area contributed by atoms with Gasteiger partial charge in [0, 0.05) is 44.3 Å². The number of likely N-dealkylation sites (tertiary alicyclic amines) is 1. The quantitative estimate of drug-likeness (QED) is 0.606. The summed E-state index contributed by atoms with van der Waals surface area (Å²) in [6.07, 6.45) is 9.01. The van der Waals surface area contributed by atoms with E-state index in [0.29, 0.717) is 38.2 Å². The summed E-state index contributed by atoms with van der Waals surface area (Å²) in [4.78, 5) is 42.3. The third-order valence-electron chi connectivity index (χ3n) is 5.53. The smallest absolute Gasteiger partial charge is 0.315 e. The molecule has 1 aliphatic carbocycles. The van der Waals surface area contributed by atoms with Gasteiger partial charge in [-0.2, -0.15) is 0 Å². The van der Waals surface area contributed by atoms with Gasteiger partial charge in [-0.15, -0.1) is 0 Å². The lowest BCUT2D eigenvalue weighted by Gasteiger charge is -2.22. The minimum Gasteiger partial charge on any atom is -0.352 e. The van der Waals surface area contributed by atoms with Crippen LogP contribution in [0.4, 0.5) is 4.79 Å². The number of carbonyl (C=O) groups is 3. The van der Waals surface area contributed by atoms with Gasteiger partial charge in [0.1, 0.15) is 5.69 Å².